The molecule has 21 heavy (non-hydrogen) atoms. The van der Waals surface area contributed by atoms with E-state index in [4.69, 9.17) is 17.0 Å². The Morgan fingerprint density at radius 1 is 1.00 bits per heavy atom. The van der Waals surface area contributed by atoms with Gasteiger partial charge >= 0.3 is 0 Å². The Morgan fingerprint density at radius 2 is 1.48 bits per heavy atom. The Hall–Kier alpha value is 1.03. The lowest BCUT2D eigenvalue weighted by Gasteiger charge is -2.22. The normalized spacial score (nSPS) is 17.0. The van der Waals surface area contributed by atoms with Gasteiger partial charge < -0.3 is 4.74 Å². The minimum absolute atomic E-state index is 0.0181. The van der Waals surface area contributed by atoms with Crippen LogP contribution in [0.3, 0.4) is 0 Å². The van der Waals surface area contributed by atoms with Crippen LogP contribution in [0.25, 0.3) is 0 Å². The van der Waals surface area contributed by atoms with Crippen LogP contribution in [-0.2, 0) is 4.74 Å². The van der Waals surface area contributed by atoms with Crippen LogP contribution in [0.1, 0.15) is 48.5 Å². The molecule has 0 heterocycles. The number of thiocarbonyl (C=S) groups is 1. The molecule has 0 fully saturated rings. The van der Waals surface area contributed by atoms with Gasteiger partial charge in [-0.15, -0.1) is 35.3 Å². The first-order valence-corrected chi connectivity index (χ1v) is 11.2. The van der Waals surface area contributed by atoms with E-state index in [1.54, 1.807) is 11.8 Å². The van der Waals surface area contributed by atoms with Gasteiger partial charge in [0.15, 0.2) is 0 Å². The highest BCUT2D eigenvalue weighted by atomic mass is 32.2. The molecular formula is C15H26OS5. The largest absolute Gasteiger partial charge is 0.479 e. The molecule has 1 aliphatic carbocycles. The SMILES string of the molecule is CCOC(=S)SC1(SC(C)C)C(SC(C)C)=C1SC(C)C. The van der Waals surface area contributed by atoms with Crippen molar-refractivity contribution < 1.29 is 4.74 Å². The maximum absolute atomic E-state index is 5.54. The fraction of sp³-hybridized carbons (Fsp3) is 0.800. The monoisotopic (exact) mass is 382 g/mol. The van der Waals surface area contributed by atoms with Gasteiger partial charge in [-0.1, -0.05) is 41.5 Å². The lowest BCUT2D eigenvalue weighted by molar-refractivity contribution is 0.346. The molecule has 1 rings (SSSR count). The molecule has 0 unspecified atom stereocenters. The van der Waals surface area contributed by atoms with E-state index in [2.05, 4.69) is 41.5 Å². The standard InChI is InChI=1S/C15H26OS5/c1-8-16-14(17)21-15(20-11(6)7)12(18-9(2)3)13(15)19-10(4)5/h9-11H,8H2,1-7H3. The van der Waals surface area contributed by atoms with Crippen LogP contribution < -0.4 is 0 Å². The molecule has 1 nitrogen and oxygen atoms in total. The molecular weight excluding hydrogens is 356 g/mol. The summed E-state index contributed by atoms with van der Waals surface area (Å²) >= 11 is 13.1. The minimum atomic E-state index is 0.0181. The van der Waals surface area contributed by atoms with Crippen LogP contribution in [0.15, 0.2) is 9.81 Å². The molecule has 0 bridgehead atoms. The van der Waals surface area contributed by atoms with Crippen molar-refractivity contribution in [3.63, 3.8) is 0 Å². The zero-order valence-corrected chi connectivity index (χ0v) is 18.0. The van der Waals surface area contributed by atoms with E-state index in [9.17, 15) is 0 Å². The van der Waals surface area contributed by atoms with E-state index < -0.39 is 0 Å². The molecule has 6 heteroatoms. The summed E-state index contributed by atoms with van der Waals surface area (Å²) in [6.07, 6.45) is 0. The van der Waals surface area contributed by atoms with Crippen molar-refractivity contribution >= 4 is 63.6 Å². The van der Waals surface area contributed by atoms with Crippen molar-refractivity contribution in [2.45, 2.75) is 68.3 Å². The molecule has 0 spiro atoms. The van der Waals surface area contributed by atoms with Gasteiger partial charge in [0.2, 0.25) is 4.38 Å². The van der Waals surface area contributed by atoms with E-state index >= 15 is 0 Å². The summed E-state index contributed by atoms with van der Waals surface area (Å²) < 4.78 is 6.23. The first-order valence-electron chi connectivity index (χ1n) is 7.35. The van der Waals surface area contributed by atoms with Gasteiger partial charge in [0.05, 0.1) is 6.61 Å². The summed E-state index contributed by atoms with van der Waals surface area (Å²) in [7, 11) is 0. The van der Waals surface area contributed by atoms with Crippen molar-refractivity contribution in [3.8, 4) is 0 Å². The molecule has 0 saturated carbocycles. The summed E-state index contributed by atoms with van der Waals surface area (Å²) in [5.41, 5.74) is 0. The number of hydrogen-bond acceptors (Lipinski definition) is 6. The van der Waals surface area contributed by atoms with Gasteiger partial charge in [-0.3, -0.25) is 0 Å². The van der Waals surface area contributed by atoms with Crippen LogP contribution in [-0.4, -0.2) is 30.8 Å². The highest BCUT2D eigenvalue weighted by Gasteiger charge is 2.57. The molecule has 1 aliphatic rings. The third-order valence-electron chi connectivity index (χ3n) is 2.34. The van der Waals surface area contributed by atoms with Gasteiger partial charge in [-0.25, -0.2) is 0 Å². The second-order valence-corrected chi connectivity index (χ2v) is 12.6. The molecule has 0 aromatic rings. The third-order valence-corrected chi connectivity index (χ3v) is 8.52. The fourth-order valence-corrected chi connectivity index (χ4v) is 8.79. The van der Waals surface area contributed by atoms with E-state index in [1.807, 2.05) is 42.2 Å². The molecule has 0 radical (unpaired) electrons. The fourth-order valence-electron chi connectivity index (χ4n) is 1.76. The number of hydrogen-bond donors (Lipinski definition) is 0. The maximum Gasteiger partial charge on any atom is 0.222 e. The molecule has 122 valence electrons. The Bertz CT molecular complexity index is 381. The average molecular weight is 383 g/mol. The summed E-state index contributed by atoms with van der Waals surface area (Å²) in [5, 5.41) is 1.76. The summed E-state index contributed by atoms with van der Waals surface area (Å²) in [6, 6.07) is 0. The van der Waals surface area contributed by atoms with Gasteiger partial charge in [0, 0.05) is 25.6 Å². The first kappa shape index (κ1) is 20.1. The summed E-state index contributed by atoms with van der Waals surface area (Å²) in [5.74, 6) is 0. The maximum atomic E-state index is 5.54. The Balaban J connectivity index is 2.93. The predicted molar refractivity (Wildman–Crippen MR) is 110 cm³/mol. The Morgan fingerprint density at radius 3 is 1.81 bits per heavy atom. The Labute approximate surface area is 152 Å². The van der Waals surface area contributed by atoms with Crippen molar-refractivity contribution in [2.24, 2.45) is 0 Å². The van der Waals surface area contributed by atoms with Crippen LogP contribution in [0.2, 0.25) is 0 Å². The zero-order valence-electron chi connectivity index (χ0n) is 13.9. The molecule has 0 atom stereocenters. The minimum Gasteiger partial charge on any atom is -0.479 e. The predicted octanol–water partition coefficient (Wildman–Crippen LogP) is 6.39. The Kier molecular flexibility index (Phi) is 8.38. The van der Waals surface area contributed by atoms with E-state index in [-0.39, 0.29) is 4.08 Å². The topological polar surface area (TPSA) is 9.23 Å². The second kappa shape index (κ2) is 8.76. The van der Waals surface area contributed by atoms with Crippen molar-refractivity contribution in [1.82, 2.24) is 0 Å². The van der Waals surface area contributed by atoms with Crippen molar-refractivity contribution in [2.75, 3.05) is 6.61 Å². The van der Waals surface area contributed by atoms with Crippen molar-refractivity contribution in [3.05, 3.63) is 9.81 Å². The molecule has 0 saturated heterocycles. The van der Waals surface area contributed by atoms with Crippen molar-refractivity contribution in [1.29, 1.82) is 0 Å². The van der Waals surface area contributed by atoms with E-state index in [0.717, 1.165) is 0 Å². The summed E-state index contributed by atoms with van der Waals surface area (Å²) in [4.78, 5) is 3.00. The van der Waals surface area contributed by atoms with Crippen LogP contribution >= 0.6 is 59.3 Å². The van der Waals surface area contributed by atoms with E-state index in [1.165, 1.54) is 9.81 Å². The van der Waals surface area contributed by atoms with Gasteiger partial charge in [-0.2, -0.15) is 0 Å². The van der Waals surface area contributed by atoms with Crippen LogP contribution in [0.5, 0.6) is 0 Å². The van der Waals surface area contributed by atoms with Crippen LogP contribution in [0, 0.1) is 0 Å². The molecule has 0 aliphatic heterocycles. The summed E-state index contributed by atoms with van der Waals surface area (Å²) in [6.45, 7) is 16.2. The molecule has 0 amide bonds. The highest BCUT2D eigenvalue weighted by molar-refractivity contribution is 8.34. The second-order valence-electron chi connectivity index (χ2n) is 5.56. The van der Waals surface area contributed by atoms with Crippen LogP contribution in [0.4, 0.5) is 0 Å². The molecule has 0 N–H and O–H groups in total. The molecule has 0 aromatic heterocycles. The number of rotatable bonds is 8. The number of ether oxygens (including phenoxy) is 1. The third kappa shape index (κ3) is 5.87. The first-order chi connectivity index (χ1) is 9.72. The lowest BCUT2D eigenvalue weighted by Crippen LogP contribution is -2.14. The molecule has 0 aromatic carbocycles. The zero-order chi connectivity index (χ0) is 16.2. The highest BCUT2D eigenvalue weighted by Crippen LogP contribution is 2.71. The van der Waals surface area contributed by atoms with Gasteiger partial charge in [0.1, 0.15) is 4.08 Å². The average Bonchev–Trinajstić information content (AvgIpc) is 2.82. The van der Waals surface area contributed by atoms with Gasteiger partial charge in [-0.05, 0) is 30.9 Å². The van der Waals surface area contributed by atoms with E-state index in [0.29, 0.717) is 26.7 Å². The quantitative estimate of drug-likeness (QED) is 0.353. The lowest BCUT2D eigenvalue weighted by atomic mass is 10.6. The smallest absolute Gasteiger partial charge is 0.222 e. The number of thioether (sulfide) groups is 4. The van der Waals surface area contributed by atoms with Gasteiger partial charge in [0.25, 0.3) is 0 Å².